The molecule has 4 heterocycles. The first-order valence-electron chi connectivity index (χ1n) is 15.0. The fourth-order valence-corrected chi connectivity index (χ4v) is 8.02. The molecule has 4 aromatic carbocycles. The molecule has 4 heteroatoms. The van der Waals surface area contributed by atoms with Crippen LogP contribution in [0.2, 0.25) is 0 Å². The quantitative estimate of drug-likeness (QED) is 0.268. The monoisotopic (exact) mass is 542 g/mol. The predicted octanol–water partition coefficient (Wildman–Crippen LogP) is 8.18. The average molecular weight is 543 g/mol. The van der Waals surface area contributed by atoms with Crippen molar-refractivity contribution in [3.8, 4) is 11.5 Å². The van der Waals surface area contributed by atoms with E-state index in [0.29, 0.717) is 11.8 Å². The lowest BCUT2D eigenvalue weighted by molar-refractivity contribution is 0.135. The molecular formula is C37H38N2O2. The van der Waals surface area contributed by atoms with Gasteiger partial charge in [-0.25, -0.2) is 0 Å². The molecule has 4 aliphatic heterocycles. The molecule has 0 aromatic heterocycles. The van der Waals surface area contributed by atoms with Gasteiger partial charge in [0.2, 0.25) is 0 Å². The summed E-state index contributed by atoms with van der Waals surface area (Å²) in [6, 6.07) is 31.6. The van der Waals surface area contributed by atoms with Crippen LogP contribution in [0.5, 0.6) is 11.5 Å². The van der Waals surface area contributed by atoms with Crippen LogP contribution in [0.25, 0.3) is 0 Å². The van der Waals surface area contributed by atoms with Crippen LogP contribution in [0.15, 0.2) is 84.9 Å². The lowest BCUT2D eigenvalue weighted by Gasteiger charge is -2.49. The van der Waals surface area contributed by atoms with Crippen molar-refractivity contribution in [3.05, 3.63) is 118 Å². The first-order chi connectivity index (χ1) is 19.8. The van der Waals surface area contributed by atoms with E-state index in [1.54, 1.807) is 0 Å². The van der Waals surface area contributed by atoms with Crippen LogP contribution >= 0.6 is 0 Å². The van der Waals surface area contributed by atoms with Crippen LogP contribution in [-0.2, 0) is 17.3 Å². The van der Waals surface area contributed by atoms with E-state index in [-0.39, 0.29) is 22.9 Å². The van der Waals surface area contributed by atoms with E-state index >= 15 is 0 Å². The Morgan fingerprint density at radius 2 is 1.05 bits per heavy atom. The van der Waals surface area contributed by atoms with E-state index in [1.165, 1.54) is 44.8 Å². The van der Waals surface area contributed by atoms with E-state index in [9.17, 15) is 0 Å². The maximum atomic E-state index is 6.24. The van der Waals surface area contributed by atoms with Crippen molar-refractivity contribution in [2.45, 2.75) is 57.0 Å². The van der Waals surface area contributed by atoms with Crippen LogP contribution in [0, 0.1) is 11.8 Å². The third kappa shape index (κ3) is 3.72. The van der Waals surface area contributed by atoms with Gasteiger partial charge in [-0.15, -0.1) is 0 Å². The van der Waals surface area contributed by atoms with Gasteiger partial charge in [-0.2, -0.15) is 0 Å². The highest BCUT2D eigenvalue weighted by Crippen LogP contribution is 2.53. The predicted molar refractivity (Wildman–Crippen MR) is 165 cm³/mol. The molecule has 0 amide bonds. The number of fused-ring (bicyclic) bond motifs is 8. The summed E-state index contributed by atoms with van der Waals surface area (Å²) in [6.07, 6.45) is 0.910. The van der Waals surface area contributed by atoms with E-state index in [0.717, 1.165) is 31.1 Å². The minimum Gasteiger partial charge on any atom is -0.493 e. The van der Waals surface area contributed by atoms with Gasteiger partial charge in [-0.1, -0.05) is 88.4 Å². The molecule has 0 radical (unpaired) electrons. The molecule has 4 nitrogen and oxygen atoms in total. The molecule has 0 saturated carbocycles. The topological polar surface area (TPSA) is 42.5 Å². The summed E-state index contributed by atoms with van der Waals surface area (Å²) >= 11 is 0. The first kappa shape index (κ1) is 24.8. The Morgan fingerprint density at radius 3 is 1.51 bits per heavy atom. The number of para-hydroxylation sites is 2. The Balaban J connectivity index is 1.10. The highest BCUT2D eigenvalue weighted by atomic mass is 16.5. The van der Waals surface area contributed by atoms with E-state index in [2.05, 4.69) is 123 Å². The fourth-order valence-electron chi connectivity index (χ4n) is 8.02. The first-order valence-corrected chi connectivity index (χ1v) is 15.0. The van der Waals surface area contributed by atoms with Crippen molar-refractivity contribution < 1.29 is 9.47 Å². The van der Waals surface area contributed by atoms with Crippen LogP contribution in [0.1, 0.15) is 73.2 Å². The number of benzene rings is 4. The minimum atomic E-state index is -0.0111. The Bertz CT molecular complexity index is 1550. The van der Waals surface area contributed by atoms with Crippen LogP contribution in [0.3, 0.4) is 0 Å². The van der Waals surface area contributed by atoms with Crippen molar-refractivity contribution in [2.75, 3.05) is 23.8 Å². The van der Waals surface area contributed by atoms with Gasteiger partial charge in [0.05, 0.1) is 25.3 Å². The number of nitrogens with one attached hydrogen (secondary N) is 2. The lowest BCUT2D eigenvalue weighted by Crippen LogP contribution is -2.46. The van der Waals surface area contributed by atoms with Crippen LogP contribution in [-0.4, -0.2) is 13.2 Å². The standard InChI is InChI=1S/C37H38N2O2/c1-36(2)26-18-22(13-15-30(26)38-34-24-9-5-7-11-32(24)40-20-28(34)36)17-23-14-16-31-27(19-23)37(3,4)29-21-41-33-12-8-6-10-25(33)35(29)39-31/h5-16,18-19,28-29,34-35,38-39H,17,20-21H2,1-4H3/t28-,29-,34-,35+/m1/s1. The molecule has 4 aliphatic rings. The van der Waals surface area contributed by atoms with Crippen molar-refractivity contribution in [1.82, 2.24) is 0 Å². The minimum absolute atomic E-state index is 0.0111. The Labute approximate surface area is 243 Å². The second kappa shape index (κ2) is 8.79. The molecule has 208 valence electrons. The number of hydrogen-bond acceptors (Lipinski definition) is 4. The van der Waals surface area contributed by atoms with Crippen molar-refractivity contribution in [2.24, 2.45) is 11.8 Å². The van der Waals surface area contributed by atoms with Gasteiger partial charge in [0.1, 0.15) is 11.5 Å². The average Bonchev–Trinajstić information content (AvgIpc) is 2.98. The third-order valence-corrected chi connectivity index (χ3v) is 10.6. The summed E-state index contributed by atoms with van der Waals surface area (Å²) in [7, 11) is 0. The molecular weight excluding hydrogens is 504 g/mol. The molecule has 0 saturated heterocycles. The highest BCUT2D eigenvalue weighted by molar-refractivity contribution is 5.64. The summed E-state index contributed by atoms with van der Waals surface area (Å²) in [6.45, 7) is 11.0. The molecule has 0 fully saturated rings. The molecule has 0 unspecified atom stereocenters. The zero-order valence-corrected chi connectivity index (χ0v) is 24.3. The largest absolute Gasteiger partial charge is 0.493 e. The summed E-state index contributed by atoms with van der Waals surface area (Å²) in [4.78, 5) is 0. The normalized spacial score (nSPS) is 25.7. The molecule has 0 spiro atoms. The summed E-state index contributed by atoms with van der Waals surface area (Å²) < 4.78 is 12.5. The van der Waals surface area contributed by atoms with Gasteiger partial charge >= 0.3 is 0 Å². The Hall–Kier alpha value is -3.92. The van der Waals surface area contributed by atoms with Gasteiger partial charge in [0, 0.05) is 45.2 Å². The SMILES string of the molecule is CC1(C)c2cc(Cc3ccc4c(c3)C(C)(C)[C@@H]3COc5ccccc5[C@@H]3N4)ccc2N[C@@H]2c3ccccc3OC[C@H]21. The molecule has 41 heavy (non-hydrogen) atoms. The molecule has 4 atom stereocenters. The molecule has 2 N–H and O–H groups in total. The maximum absolute atomic E-state index is 6.24. The smallest absolute Gasteiger partial charge is 0.124 e. The number of rotatable bonds is 2. The van der Waals surface area contributed by atoms with Crippen molar-refractivity contribution >= 4 is 11.4 Å². The maximum Gasteiger partial charge on any atom is 0.124 e. The molecule has 0 bridgehead atoms. The van der Waals surface area contributed by atoms with Gasteiger partial charge in [0.25, 0.3) is 0 Å². The van der Waals surface area contributed by atoms with Crippen LogP contribution < -0.4 is 20.1 Å². The van der Waals surface area contributed by atoms with Crippen molar-refractivity contribution in [3.63, 3.8) is 0 Å². The summed E-state index contributed by atoms with van der Waals surface area (Å²) in [5.74, 6) is 2.76. The Kier molecular flexibility index (Phi) is 5.32. The lowest BCUT2D eigenvalue weighted by atomic mass is 9.64. The molecule has 8 rings (SSSR count). The van der Waals surface area contributed by atoms with E-state index < -0.39 is 0 Å². The van der Waals surface area contributed by atoms with Gasteiger partial charge < -0.3 is 20.1 Å². The van der Waals surface area contributed by atoms with Gasteiger partial charge in [-0.05, 0) is 52.9 Å². The number of ether oxygens (including phenoxy) is 2. The van der Waals surface area contributed by atoms with E-state index in [4.69, 9.17) is 9.47 Å². The summed E-state index contributed by atoms with van der Waals surface area (Å²) in [5, 5.41) is 7.77. The zero-order valence-electron chi connectivity index (χ0n) is 24.3. The number of anilines is 2. The van der Waals surface area contributed by atoms with E-state index in [1.807, 2.05) is 0 Å². The third-order valence-electron chi connectivity index (χ3n) is 10.6. The molecule has 4 aromatic rings. The van der Waals surface area contributed by atoms with Gasteiger partial charge in [-0.3, -0.25) is 0 Å². The second-order valence-electron chi connectivity index (χ2n) is 13.5. The number of hydrogen-bond donors (Lipinski definition) is 2. The van der Waals surface area contributed by atoms with Gasteiger partial charge in [0.15, 0.2) is 0 Å². The van der Waals surface area contributed by atoms with Crippen LogP contribution in [0.4, 0.5) is 11.4 Å². The summed E-state index contributed by atoms with van der Waals surface area (Å²) in [5.41, 5.74) is 10.5. The Morgan fingerprint density at radius 1 is 0.610 bits per heavy atom. The molecule has 0 aliphatic carbocycles. The highest BCUT2D eigenvalue weighted by Gasteiger charge is 2.47. The van der Waals surface area contributed by atoms with Crippen molar-refractivity contribution in [1.29, 1.82) is 0 Å². The second-order valence-corrected chi connectivity index (χ2v) is 13.5. The zero-order chi connectivity index (χ0) is 27.9. The fraction of sp³-hybridized carbons (Fsp3) is 0.351.